The number of carboxylic acids is 1. The van der Waals surface area contributed by atoms with Gasteiger partial charge in [-0.1, -0.05) is 58.4 Å². The van der Waals surface area contributed by atoms with Crippen molar-refractivity contribution in [3.8, 4) is 0 Å². The van der Waals surface area contributed by atoms with Gasteiger partial charge < -0.3 is 20.4 Å². The molecule has 0 aromatic heterocycles. The first-order chi connectivity index (χ1) is 16.2. The quantitative estimate of drug-likeness (QED) is 0.414. The van der Waals surface area contributed by atoms with E-state index in [1.807, 2.05) is 6.92 Å². The first kappa shape index (κ1) is 25.5. The molecule has 5 rings (SSSR count). The normalized spacial score (nSPS) is 55.7. The molecule has 0 radical (unpaired) electrons. The van der Waals surface area contributed by atoms with E-state index in [0.29, 0.717) is 25.2 Å². The van der Waals surface area contributed by atoms with Crippen molar-refractivity contribution in [2.24, 2.45) is 50.7 Å². The van der Waals surface area contributed by atoms with Crippen LogP contribution in [0.2, 0.25) is 0 Å². The van der Waals surface area contributed by atoms with Crippen molar-refractivity contribution in [3.63, 3.8) is 0 Å². The van der Waals surface area contributed by atoms with Crippen molar-refractivity contribution in [2.75, 3.05) is 6.61 Å². The summed E-state index contributed by atoms with van der Waals surface area (Å²) in [6.45, 7) is 15.5. The molecule has 0 aromatic rings. The van der Waals surface area contributed by atoms with E-state index < -0.39 is 29.0 Å². The third-order valence-electron chi connectivity index (χ3n) is 13.1. The number of allylic oxidation sites excluding steroid dienone is 3. The van der Waals surface area contributed by atoms with Gasteiger partial charge in [0.1, 0.15) is 0 Å². The molecule has 0 heterocycles. The first-order valence-corrected chi connectivity index (χ1v) is 13.8. The molecule has 4 fully saturated rings. The second-order valence-corrected chi connectivity index (χ2v) is 14.1. The Morgan fingerprint density at radius 3 is 2.40 bits per heavy atom. The van der Waals surface area contributed by atoms with Crippen LogP contribution >= 0.6 is 0 Å². The first-order valence-electron chi connectivity index (χ1n) is 13.8. The molecule has 5 aliphatic carbocycles. The molecule has 35 heavy (non-hydrogen) atoms. The summed E-state index contributed by atoms with van der Waals surface area (Å²) in [4.78, 5) is 12.8. The molecule has 0 aliphatic heterocycles. The van der Waals surface area contributed by atoms with E-state index in [1.165, 1.54) is 11.1 Å². The fourth-order valence-corrected chi connectivity index (χ4v) is 10.7. The molecule has 1 unspecified atom stereocenters. The third-order valence-corrected chi connectivity index (χ3v) is 13.1. The van der Waals surface area contributed by atoms with E-state index >= 15 is 0 Å². The minimum Gasteiger partial charge on any atom is -0.481 e. The van der Waals surface area contributed by atoms with Crippen LogP contribution in [-0.4, -0.2) is 45.2 Å². The Hall–Kier alpha value is -1.17. The second-order valence-electron chi connectivity index (χ2n) is 14.1. The summed E-state index contributed by atoms with van der Waals surface area (Å²) in [7, 11) is 0. The number of carboxylic acid groups (broad SMARTS) is 1. The molecular weight excluding hydrogens is 440 g/mol. The maximum Gasteiger partial charge on any atom is 0.310 e. The van der Waals surface area contributed by atoms with Gasteiger partial charge in [-0.3, -0.25) is 4.79 Å². The molecule has 5 heteroatoms. The van der Waals surface area contributed by atoms with Crippen LogP contribution in [0.3, 0.4) is 0 Å². The summed E-state index contributed by atoms with van der Waals surface area (Å²) >= 11 is 0. The van der Waals surface area contributed by atoms with Gasteiger partial charge in [0.15, 0.2) is 0 Å². The van der Waals surface area contributed by atoms with Gasteiger partial charge in [-0.2, -0.15) is 0 Å². The molecule has 0 amide bonds. The number of aliphatic hydroxyl groups excluding tert-OH is 3. The fraction of sp³-hybridized carbons (Fsp3) is 0.833. The molecule has 5 nitrogen and oxygen atoms in total. The Bertz CT molecular complexity index is 972. The monoisotopic (exact) mass is 486 g/mol. The number of fused-ring (bicyclic) bond motifs is 7. The van der Waals surface area contributed by atoms with Crippen LogP contribution in [0.15, 0.2) is 23.8 Å². The molecule has 0 bridgehead atoms. The number of aliphatic hydroxyl groups is 3. The summed E-state index contributed by atoms with van der Waals surface area (Å²) in [5.41, 5.74) is 0.748. The lowest BCUT2D eigenvalue weighted by Gasteiger charge is -2.71. The van der Waals surface area contributed by atoms with Crippen molar-refractivity contribution in [3.05, 3.63) is 23.8 Å². The summed E-state index contributed by atoms with van der Waals surface area (Å²) in [5.74, 6) is -0.0668. The van der Waals surface area contributed by atoms with Gasteiger partial charge in [-0.05, 0) is 85.4 Å². The van der Waals surface area contributed by atoms with Gasteiger partial charge in [-0.25, -0.2) is 0 Å². The average Bonchev–Trinajstić information content (AvgIpc) is 2.80. The number of hydrogen-bond donors (Lipinski definition) is 4. The highest BCUT2D eigenvalue weighted by molar-refractivity contribution is 5.77. The number of hydrogen-bond acceptors (Lipinski definition) is 4. The standard InChI is InChI=1S/C30H46O5/c1-17-9-12-30(25(34)35)14-13-28(5)19(23(30)18(17)2)7-8-22-26(3)15-20(32)24(33)27(4,16-31)21(26)10-11-29(22,28)6/h7,18,20-24,31-33H,1,8-16H2,2-6H3,(H,34,35)/t18-,20+,21?,22+,23-,24-,26-,27-,28+,29+,30-/m0/s1. The Labute approximate surface area is 210 Å². The molecule has 0 saturated heterocycles. The van der Waals surface area contributed by atoms with Gasteiger partial charge in [0.25, 0.3) is 0 Å². The summed E-state index contributed by atoms with van der Waals surface area (Å²) < 4.78 is 0. The minimum atomic E-state index is -0.917. The van der Waals surface area contributed by atoms with Crippen molar-refractivity contribution < 1.29 is 25.2 Å². The van der Waals surface area contributed by atoms with Gasteiger partial charge in [0, 0.05) is 11.3 Å². The van der Waals surface area contributed by atoms with Crippen LogP contribution in [-0.2, 0) is 4.79 Å². The highest BCUT2D eigenvalue weighted by Gasteiger charge is 2.70. The van der Waals surface area contributed by atoms with E-state index in [4.69, 9.17) is 0 Å². The predicted octanol–water partition coefficient (Wildman–Crippen LogP) is 4.95. The highest BCUT2D eigenvalue weighted by atomic mass is 16.4. The van der Waals surface area contributed by atoms with Gasteiger partial charge in [0.05, 0.1) is 24.2 Å². The zero-order chi connectivity index (χ0) is 25.8. The van der Waals surface area contributed by atoms with E-state index in [0.717, 1.165) is 32.1 Å². The molecule has 11 atom stereocenters. The summed E-state index contributed by atoms with van der Waals surface area (Å²) in [5, 5.41) is 42.8. The van der Waals surface area contributed by atoms with E-state index in [2.05, 4.69) is 40.3 Å². The van der Waals surface area contributed by atoms with Gasteiger partial charge in [0.2, 0.25) is 0 Å². The van der Waals surface area contributed by atoms with E-state index in [1.54, 1.807) is 0 Å². The SMILES string of the molecule is C=C1CC[C@]2(C(=O)O)CC[C@]3(C)C(=CC[C@@H]4[C@@]5(C)C[C@@H](O)[C@H](O)[C@@](C)(CO)C5CC[C@]43C)[C@@H]2[C@H]1C. The third kappa shape index (κ3) is 2.89. The number of rotatable bonds is 2. The molecular formula is C30H46O5. The topological polar surface area (TPSA) is 98.0 Å². The molecule has 0 spiro atoms. The van der Waals surface area contributed by atoms with Crippen molar-refractivity contribution in [2.45, 2.75) is 98.2 Å². The number of carbonyl (C=O) groups is 1. The molecule has 196 valence electrons. The zero-order valence-electron chi connectivity index (χ0n) is 22.3. The van der Waals surface area contributed by atoms with Crippen LogP contribution in [0, 0.1) is 50.7 Å². The second kappa shape index (κ2) is 7.68. The zero-order valence-corrected chi connectivity index (χ0v) is 22.3. The lowest BCUT2D eigenvalue weighted by atomic mass is 9.33. The lowest BCUT2D eigenvalue weighted by molar-refractivity contribution is -0.243. The molecule has 4 saturated carbocycles. The molecule has 5 aliphatic rings. The highest BCUT2D eigenvalue weighted by Crippen LogP contribution is 2.75. The maximum absolute atomic E-state index is 12.8. The van der Waals surface area contributed by atoms with Crippen molar-refractivity contribution >= 4 is 5.97 Å². The molecule has 0 aromatic carbocycles. The maximum atomic E-state index is 12.8. The van der Waals surface area contributed by atoms with Gasteiger partial charge in [-0.15, -0.1) is 0 Å². The summed E-state index contributed by atoms with van der Waals surface area (Å²) in [6, 6.07) is 0. The Kier molecular flexibility index (Phi) is 5.59. The van der Waals surface area contributed by atoms with Crippen LogP contribution in [0.5, 0.6) is 0 Å². The van der Waals surface area contributed by atoms with Crippen molar-refractivity contribution in [1.29, 1.82) is 0 Å². The largest absolute Gasteiger partial charge is 0.481 e. The fourth-order valence-electron chi connectivity index (χ4n) is 10.7. The Morgan fingerprint density at radius 1 is 1.09 bits per heavy atom. The van der Waals surface area contributed by atoms with Crippen LogP contribution < -0.4 is 0 Å². The molecule has 4 N–H and O–H groups in total. The smallest absolute Gasteiger partial charge is 0.310 e. The van der Waals surface area contributed by atoms with E-state index in [-0.39, 0.29) is 40.6 Å². The van der Waals surface area contributed by atoms with Crippen LogP contribution in [0.25, 0.3) is 0 Å². The number of aliphatic carboxylic acids is 1. The van der Waals surface area contributed by atoms with Crippen LogP contribution in [0.1, 0.15) is 86.0 Å². The van der Waals surface area contributed by atoms with Crippen molar-refractivity contribution in [1.82, 2.24) is 0 Å². The van der Waals surface area contributed by atoms with Crippen LogP contribution in [0.4, 0.5) is 0 Å². The minimum absolute atomic E-state index is 0.00946. The average molecular weight is 487 g/mol. The van der Waals surface area contributed by atoms with E-state index in [9.17, 15) is 25.2 Å². The lowest BCUT2D eigenvalue weighted by Crippen LogP contribution is -2.68. The predicted molar refractivity (Wildman–Crippen MR) is 135 cm³/mol. The van der Waals surface area contributed by atoms with Gasteiger partial charge >= 0.3 is 5.97 Å². The Morgan fingerprint density at radius 2 is 1.77 bits per heavy atom. The Balaban J connectivity index is 1.63. The summed E-state index contributed by atoms with van der Waals surface area (Å²) in [6.07, 6.45) is 7.00.